The zero-order valence-electron chi connectivity index (χ0n) is 17.6. The van der Waals surface area contributed by atoms with E-state index in [0.29, 0.717) is 6.54 Å². The van der Waals surface area contributed by atoms with Gasteiger partial charge >= 0.3 is 6.03 Å². The third kappa shape index (κ3) is 4.46. The van der Waals surface area contributed by atoms with Crippen LogP contribution in [0.25, 0.3) is 0 Å². The topological polar surface area (TPSA) is 56.7 Å². The number of aliphatic imine (C=N–C) groups is 1. The van der Waals surface area contributed by atoms with Gasteiger partial charge in [-0.1, -0.05) is 41.9 Å². The minimum Gasteiger partial charge on any atom is -0.343 e. The van der Waals surface area contributed by atoms with Gasteiger partial charge in [0.2, 0.25) is 0 Å². The Bertz CT molecular complexity index is 948. The lowest BCUT2D eigenvalue weighted by Crippen LogP contribution is -2.49. The van der Waals surface area contributed by atoms with Gasteiger partial charge in [0.25, 0.3) is 0 Å². The van der Waals surface area contributed by atoms with E-state index in [-0.39, 0.29) is 17.5 Å². The third-order valence-electron chi connectivity index (χ3n) is 6.29. The number of hydrogen-bond donors (Lipinski definition) is 2. The van der Waals surface area contributed by atoms with E-state index in [0.717, 1.165) is 54.2 Å². The maximum atomic E-state index is 12.1. The van der Waals surface area contributed by atoms with Gasteiger partial charge in [-0.25, -0.2) is 4.79 Å². The van der Waals surface area contributed by atoms with Gasteiger partial charge in [0.15, 0.2) is 0 Å². The van der Waals surface area contributed by atoms with Crippen LogP contribution < -0.4 is 10.6 Å². The molecule has 2 aliphatic rings. The highest BCUT2D eigenvalue weighted by Crippen LogP contribution is 2.45. The Labute approximate surface area is 183 Å². The highest BCUT2D eigenvalue weighted by molar-refractivity contribution is 6.30. The molecule has 6 heteroatoms. The molecule has 0 saturated heterocycles. The largest absolute Gasteiger partial charge is 0.343 e. The lowest BCUT2D eigenvalue weighted by molar-refractivity contribution is 0.195. The van der Waals surface area contributed by atoms with Crippen LogP contribution in [0, 0.1) is 5.41 Å². The van der Waals surface area contributed by atoms with Crippen molar-refractivity contribution >= 4 is 29.2 Å². The molecule has 2 amide bonds. The molecule has 0 radical (unpaired) electrons. The third-order valence-corrected chi connectivity index (χ3v) is 6.52. The maximum absolute atomic E-state index is 12.1. The number of rotatable bonds is 3. The fourth-order valence-corrected chi connectivity index (χ4v) is 4.76. The Morgan fingerprint density at radius 2 is 1.97 bits per heavy atom. The van der Waals surface area contributed by atoms with E-state index in [1.165, 1.54) is 5.56 Å². The number of para-hydroxylation sites is 1. The number of amidine groups is 1. The lowest BCUT2D eigenvalue weighted by Gasteiger charge is -2.44. The van der Waals surface area contributed by atoms with E-state index >= 15 is 0 Å². The van der Waals surface area contributed by atoms with Crippen molar-refractivity contribution in [3.05, 3.63) is 64.7 Å². The molecule has 158 valence electrons. The van der Waals surface area contributed by atoms with Gasteiger partial charge in [-0.2, -0.15) is 0 Å². The molecule has 1 aliphatic heterocycles. The minimum absolute atomic E-state index is 0.00767. The average molecular weight is 425 g/mol. The molecule has 0 unspecified atom stereocenters. The number of anilines is 1. The van der Waals surface area contributed by atoms with Crippen LogP contribution in [0.3, 0.4) is 0 Å². The molecule has 2 N–H and O–H groups in total. The standard InChI is InChI=1S/C24H29ClN4O/c1-29(2)23(30)27-20-10-12-24(13-11-20)15-18-7-3-4-9-21(18)28-22(24)26-16-17-6-5-8-19(25)14-17/h3-9,14,20H,10-13,15-16H2,1-2H3,(H,26,28)(H,27,30). The second kappa shape index (κ2) is 8.68. The molecule has 5 nitrogen and oxygen atoms in total. The smallest absolute Gasteiger partial charge is 0.317 e. The van der Waals surface area contributed by atoms with Crippen LogP contribution in [0.2, 0.25) is 5.02 Å². The van der Waals surface area contributed by atoms with Crippen LogP contribution in [0.15, 0.2) is 53.5 Å². The van der Waals surface area contributed by atoms with Crippen molar-refractivity contribution in [2.24, 2.45) is 10.4 Å². The normalized spacial score (nSPS) is 24.2. The Morgan fingerprint density at radius 1 is 1.20 bits per heavy atom. The number of urea groups is 1. The van der Waals surface area contributed by atoms with E-state index in [1.807, 2.05) is 18.2 Å². The van der Waals surface area contributed by atoms with Crippen molar-refractivity contribution in [1.29, 1.82) is 0 Å². The predicted octanol–water partition coefficient (Wildman–Crippen LogP) is 5.11. The fourth-order valence-electron chi connectivity index (χ4n) is 4.55. The van der Waals surface area contributed by atoms with Gasteiger partial charge in [-0.05, 0) is 61.4 Å². The molecule has 1 saturated carbocycles. The molecule has 30 heavy (non-hydrogen) atoms. The van der Waals surface area contributed by atoms with Gasteiger partial charge in [0.05, 0.1) is 6.54 Å². The van der Waals surface area contributed by atoms with Crippen molar-refractivity contribution in [1.82, 2.24) is 10.2 Å². The van der Waals surface area contributed by atoms with Crippen LogP contribution in [-0.4, -0.2) is 36.9 Å². The number of amides is 2. The van der Waals surface area contributed by atoms with Crippen molar-refractivity contribution < 1.29 is 4.79 Å². The molecule has 1 aliphatic carbocycles. The highest BCUT2D eigenvalue weighted by atomic mass is 35.5. The quantitative estimate of drug-likeness (QED) is 0.719. The first-order valence-electron chi connectivity index (χ1n) is 10.6. The van der Waals surface area contributed by atoms with Gasteiger partial charge in [-0.3, -0.25) is 4.99 Å². The zero-order valence-corrected chi connectivity index (χ0v) is 18.4. The summed E-state index contributed by atoms with van der Waals surface area (Å²) >= 11 is 6.15. The minimum atomic E-state index is -0.0158. The van der Waals surface area contributed by atoms with E-state index in [9.17, 15) is 4.79 Å². The first-order chi connectivity index (χ1) is 14.4. The Hall–Kier alpha value is -2.53. The Balaban J connectivity index is 1.56. The van der Waals surface area contributed by atoms with Crippen molar-refractivity contribution in [3.63, 3.8) is 0 Å². The van der Waals surface area contributed by atoms with Crippen molar-refractivity contribution in [2.75, 3.05) is 19.4 Å². The molecule has 4 rings (SSSR count). The number of benzene rings is 2. The van der Waals surface area contributed by atoms with Gasteiger partial charge in [0, 0.05) is 36.3 Å². The Kier molecular flexibility index (Phi) is 6.00. The molecule has 0 atom stereocenters. The van der Waals surface area contributed by atoms with E-state index in [2.05, 4.69) is 41.0 Å². The second-order valence-corrected chi connectivity index (χ2v) is 9.09. The highest BCUT2D eigenvalue weighted by Gasteiger charge is 2.43. The summed E-state index contributed by atoms with van der Waals surface area (Å²) in [7, 11) is 3.56. The summed E-state index contributed by atoms with van der Waals surface area (Å²) in [5.74, 6) is 1.07. The molecule has 1 spiro atoms. The fraction of sp³-hybridized carbons (Fsp3) is 0.417. The summed E-state index contributed by atoms with van der Waals surface area (Å²) in [4.78, 5) is 18.7. The summed E-state index contributed by atoms with van der Waals surface area (Å²) in [5, 5.41) is 7.53. The maximum Gasteiger partial charge on any atom is 0.317 e. The zero-order chi connectivity index (χ0) is 21.1. The Morgan fingerprint density at radius 3 is 2.70 bits per heavy atom. The molecule has 1 fully saturated rings. The molecular formula is C24H29ClN4O. The van der Waals surface area contributed by atoms with Gasteiger partial charge in [-0.15, -0.1) is 0 Å². The molecule has 0 bridgehead atoms. The molecule has 0 aromatic heterocycles. The second-order valence-electron chi connectivity index (χ2n) is 8.65. The molecular weight excluding hydrogens is 396 g/mol. The number of carbonyl (C=O) groups excluding carboxylic acids is 1. The molecule has 1 heterocycles. The lowest BCUT2D eigenvalue weighted by atomic mass is 9.66. The van der Waals surface area contributed by atoms with Crippen LogP contribution in [0.4, 0.5) is 10.5 Å². The first kappa shape index (κ1) is 20.7. The summed E-state index contributed by atoms with van der Waals surface area (Å²) in [5.41, 5.74) is 3.59. The molecule has 2 aromatic rings. The van der Waals surface area contributed by atoms with Gasteiger partial charge < -0.3 is 15.5 Å². The molecule has 2 aromatic carbocycles. The number of nitrogens with one attached hydrogen (secondary N) is 2. The summed E-state index contributed by atoms with van der Waals surface area (Å²) in [6.45, 7) is 0.605. The van der Waals surface area contributed by atoms with E-state index in [4.69, 9.17) is 16.6 Å². The summed E-state index contributed by atoms with van der Waals surface area (Å²) < 4.78 is 0. The van der Waals surface area contributed by atoms with Crippen LogP contribution in [-0.2, 0) is 13.0 Å². The van der Waals surface area contributed by atoms with Crippen LogP contribution in [0.5, 0.6) is 0 Å². The van der Waals surface area contributed by atoms with Crippen LogP contribution in [0.1, 0.15) is 36.8 Å². The number of fused-ring (bicyclic) bond motifs is 1. The van der Waals surface area contributed by atoms with E-state index in [1.54, 1.807) is 19.0 Å². The number of halogens is 1. The van der Waals surface area contributed by atoms with Crippen molar-refractivity contribution in [2.45, 2.75) is 44.7 Å². The average Bonchev–Trinajstić information content (AvgIpc) is 2.74. The van der Waals surface area contributed by atoms with Crippen molar-refractivity contribution in [3.8, 4) is 0 Å². The number of nitrogens with zero attached hydrogens (tertiary/aromatic N) is 2. The van der Waals surface area contributed by atoms with E-state index < -0.39 is 0 Å². The predicted molar refractivity (Wildman–Crippen MR) is 123 cm³/mol. The SMILES string of the molecule is CN(C)C(=O)NC1CCC2(CC1)Cc1ccccc1NC2=NCc1cccc(Cl)c1. The number of carbonyl (C=O) groups is 1. The first-order valence-corrected chi connectivity index (χ1v) is 11.0. The summed E-state index contributed by atoms with van der Waals surface area (Å²) in [6, 6.07) is 16.6. The number of hydrogen-bond acceptors (Lipinski definition) is 2. The van der Waals surface area contributed by atoms with Gasteiger partial charge in [0.1, 0.15) is 5.84 Å². The summed E-state index contributed by atoms with van der Waals surface area (Å²) in [6.07, 6.45) is 4.90. The van der Waals surface area contributed by atoms with Crippen LogP contribution >= 0.6 is 11.6 Å². The monoisotopic (exact) mass is 424 g/mol.